The zero-order valence-electron chi connectivity index (χ0n) is 13.3. The van der Waals surface area contributed by atoms with Crippen molar-refractivity contribution in [2.24, 2.45) is 5.92 Å². The molecule has 6 heteroatoms. The first-order valence-corrected chi connectivity index (χ1v) is 9.05. The Labute approximate surface area is 149 Å². The zero-order valence-corrected chi connectivity index (χ0v) is 14.8. The molecule has 1 aromatic carbocycles. The predicted molar refractivity (Wildman–Crippen MR) is 97.2 cm³/mol. The maximum Gasteiger partial charge on any atom is 0.331 e. The van der Waals surface area contributed by atoms with E-state index in [0.29, 0.717) is 10.9 Å². The van der Waals surface area contributed by atoms with Crippen molar-refractivity contribution in [1.82, 2.24) is 5.32 Å². The lowest BCUT2D eigenvalue weighted by Crippen LogP contribution is -2.36. The molecule has 1 heterocycles. The molecule has 126 valence electrons. The molecule has 1 saturated carbocycles. The number of fused-ring (bicyclic) bond motifs is 1. The van der Waals surface area contributed by atoms with E-state index in [2.05, 4.69) is 5.32 Å². The number of esters is 1. The summed E-state index contributed by atoms with van der Waals surface area (Å²) in [7, 11) is 0. The summed E-state index contributed by atoms with van der Waals surface area (Å²) in [5.74, 6) is -0.256. The minimum absolute atomic E-state index is 0.143. The molecule has 1 aromatic heterocycles. The number of carbonyl (C=O) groups excluding carboxylic acids is 2. The van der Waals surface area contributed by atoms with Gasteiger partial charge in [-0.1, -0.05) is 29.8 Å². The number of amides is 1. The monoisotopic (exact) mass is 363 g/mol. The minimum atomic E-state index is -0.558. The van der Waals surface area contributed by atoms with E-state index in [1.165, 1.54) is 17.4 Å². The Morgan fingerprint density at radius 3 is 2.88 bits per heavy atom. The number of benzene rings is 1. The third-order valence-corrected chi connectivity index (χ3v) is 5.65. The van der Waals surface area contributed by atoms with Crippen molar-refractivity contribution >= 4 is 51.0 Å². The molecular weight excluding hydrogens is 346 g/mol. The summed E-state index contributed by atoms with van der Waals surface area (Å²) in [4.78, 5) is 24.2. The quantitative estimate of drug-likeness (QED) is 0.622. The van der Waals surface area contributed by atoms with Gasteiger partial charge in [-0.25, -0.2) is 4.79 Å². The molecule has 0 radical (unpaired) electrons. The molecule has 0 bridgehead atoms. The SMILES string of the molecule is C[C@H](NC(=O)COC(=O)/C=C/c1sc2ccccc2c1Cl)C1CC1. The van der Waals surface area contributed by atoms with Gasteiger partial charge in [-0.05, 0) is 37.8 Å². The first-order chi connectivity index (χ1) is 11.5. The van der Waals surface area contributed by atoms with E-state index in [-0.39, 0.29) is 18.6 Å². The molecule has 0 aliphatic heterocycles. The number of hydrogen-bond donors (Lipinski definition) is 1. The maximum absolute atomic E-state index is 11.8. The predicted octanol–water partition coefficient (Wildman–Crippen LogP) is 4.03. The van der Waals surface area contributed by atoms with Gasteiger partial charge < -0.3 is 10.1 Å². The summed E-state index contributed by atoms with van der Waals surface area (Å²) in [6, 6.07) is 7.92. The molecule has 1 N–H and O–H groups in total. The van der Waals surface area contributed by atoms with Crippen molar-refractivity contribution in [3.05, 3.63) is 40.2 Å². The smallest absolute Gasteiger partial charge is 0.331 e. The first kappa shape index (κ1) is 17.0. The van der Waals surface area contributed by atoms with Crippen molar-refractivity contribution in [2.45, 2.75) is 25.8 Å². The number of thiophene rings is 1. The number of nitrogens with one attached hydrogen (secondary N) is 1. The average Bonchev–Trinajstić information content (AvgIpc) is 3.37. The summed E-state index contributed by atoms with van der Waals surface area (Å²) in [6.07, 6.45) is 5.23. The normalized spacial score (nSPS) is 15.6. The van der Waals surface area contributed by atoms with Crippen molar-refractivity contribution in [3.63, 3.8) is 0 Å². The molecule has 0 unspecified atom stereocenters. The maximum atomic E-state index is 11.8. The number of hydrogen-bond acceptors (Lipinski definition) is 4. The van der Waals surface area contributed by atoms with E-state index < -0.39 is 5.97 Å². The molecule has 1 amide bonds. The van der Waals surface area contributed by atoms with Gasteiger partial charge in [-0.3, -0.25) is 4.79 Å². The molecular formula is C18H18ClNO3S. The largest absolute Gasteiger partial charge is 0.452 e. The van der Waals surface area contributed by atoms with Crippen LogP contribution in [0.25, 0.3) is 16.2 Å². The highest BCUT2D eigenvalue weighted by atomic mass is 35.5. The fourth-order valence-electron chi connectivity index (χ4n) is 2.48. The first-order valence-electron chi connectivity index (χ1n) is 7.86. The molecule has 0 saturated heterocycles. The fourth-order valence-corrected chi connectivity index (χ4v) is 3.88. The Balaban J connectivity index is 1.52. The van der Waals surface area contributed by atoms with Crippen LogP contribution < -0.4 is 5.32 Å². The summed E-state index contributed by atoms with van der Waals surface area (Å²) in [5.41, 5.74) is 0. The van der Waals surface area contributed by atoms with Crippen LogP contribution in [-0.2, 0) is 14.3 Å². The highest BCUT2D eigenvalue weighted by Gasteiger charge is 2.28. The third-order valence-electron chi connectivity index (χ3n) is 3.99. The minimum Gasteiger partial charge on any atom is -0.452 e. The van der Waals surface area contributed by atoms with Gasteiger partial charge in [0.05, 0.1) is 5.02 Å². The Bertz CT molecular complexity index is 795. The molecule has 3 rings (SSSR count). The van der Waals surface area contributed by atoms with Crippen molar-refractivity contribution in [3.8, 4) is 0 Å². The van der Waals surface area contributed by atoms with Crippen LogP contribution in [0.4, 0.5) is 0 Å². The van der Waals surface area contributed by atoms with Crippen LogP contribution in [0.2, 0.25) is 5.02 Å². The molecule has 1 aliphatic rings. The van der Waals surface area contributed by atoms with Crippen LogP contribution >= 0.6 is 22.9 Å². The van der Waals surface area contributed by atoms with E-state index in [9.17, 15) is 9.59 Å². The van der Waals surface area contributed by atoms with Crippen LogP contribution in [0.1, 0.15) is 24.6 Å². The van der Waals surface area contributed by atoms with Crippen LogP contribution in [0.15, 0.2) is 30.3 Å². The van der Waals surface area contributed by atoms with Crippen LogP contribution in [0.3, 0.4) is 0 Å². The van der Waals surface area contributed by atoms with E-state index in [1.54, 1.807) is 6.08 Å². The number of carbonyl (C=O) groups is 2. The highest BCUT2D eigenvalue weighted by Crippen LogP contribution is 2.36. The van der Waals surface area contributed by atoms with E-state index in [0.717, 1.165) is 27.8 Å². The van der Waals surface area contributed by atoms with Gasteiger partial charge in [0.2, 0.25) is 0 Å². The zero-order chi connectivity index (χ0) is 17.1. The van der Waals surface area contributed by atoms with Crippen LogP contribution in [-0.4, -0.2) is 24.5 Å². The third kappa shape index (κ3) is 4.16. The van der Waals surface area contributed by atoms with Crippen molar-refractivity contribution < 1.29 is 14.3 Å². The lowest BCUT2D eigenvalue weighted by molar-refractivity contribution is -0.144. The van der Waals surface area contributed by atoms with Gasteiger partial charge in [-0.15, -0.1) is 11.3 Å². The Hall–Kier alpha value is -1.85. The molecule has 2 aromatic rings. The number of halogens is 1. The summed E-state index contributed by atoms with van der Waals surface area (Å²) >= 11 is 7.81. The van der Waals surface area contributed by atoms with Gasteiger partial charge in [0.1, 0.15) is 0 Å². The van der Waals surface area contributed by atoms with Gasteiger partial charge in [-0.2, -0.15) is 0 Å². The van der Waals surface area contributed by atoms with Crippen LogP contribution in [0, 0.1) is 5.92 Å². The van der Waals surface area contributed by atoms with Gasteiger partial charge >= 0.3 is 5.97 Å². The van der Waals surface area contributed by atoms with Gasteiger partial charge in [0.15, 0.2) is 6.61 Å². The molecule has 1 atom stereocenters. The standard InChI is InChI=1S/C18H18ClNO3S/c1-11(12-6-7-12)20-16(21)10-23-17(22)9-8-15-18(19)13-4-2-3-5-14(13)24-15/h2-5,8-9,11-12H,6-7,10H2,1H3,(H,20,21)/b9-8+/t11-/m0/s1. The second-order valence-electron chi connectivity index (χ2n) is 5.91. The lowest BCUT2D eigenvalue weighted by atomic mass is 10.2. The van der Waals surface area contributed by atoms with Crippen LogP contribution in [0.5, 0.6) is 0 Å². The van der Waals surface area contributed by atoms with Crippen molar-refractivity contribution in [1.29, 1.82) is 0 Å². The Morgan fingerprint density at radius 1 is 1.42 bits per heavy atom. The molecule has 1 fully saturated rings. The summed E-state index contributed by atoms with van der Waals surface area (Å²) < 4.78 is 6.02. The second-order valence-corrected chi connectivity index (χ2v) is 7.37. The van der Waals surface area contributed by atoms with E-state index in [1.807, 2.05) is 31.2 Å². The van der Waals surface area contributed by atoms with Gasteiger partial charge in [0.25, 0.3) is 5.91 Å². The number of rotatable bonds is 6. The highest BCUT2D eigenvalue weighted by molar-refractivity contribution is 7.20. The lowest BCUT2D eigenvalue weighted by Gasteiger charge is -2.12. The average molecular weight is 364 g/mol. The van der Waals surface area contributed by atoms with Gasteiger partial charge in [0, 0.05) is 27.1 Å². The van der Waals surface area contributed by atoms with E-state index in [4.69, 9.17) is 16.3 Å². The molecule has 24 heavy (non-hydrogen) atoms. The van der Waals surface area contributed by atoms with Crippen molar-refractivity contribution in [2.75, 3.05) is 6.61 Å². The molecule has 0 spiro atoms. The summed E-state index contributed by atoms with van der Waals surface area (Å²) in [5, 5.41) is 4.42. The second kappa shape index (κ2) is 7.36. The number of ether oxygens (including phenoxy) is 1. The summed E-state index contributed by atoms with van der Waals surface area (Å²) in [6.45, 7) is 1.71. The molecule has 1 aliphatic carbocycles. The Kier molecular flexibility index (Phi) is 5.21. The fraction of sp³-hybridized carbons (Fsp3) is 0.333. The topological polar surface area (TPSA) is 55.4 Å². The Morgan fingerprint density at radius 2 is 2.17 bits per heavy atom. The molecule has 4 nitrogen and oxygen atoms in total. The van der Waals surface area contributed by atoms with E-state index >= 15 is 0 Å².